The highest BCUT2D eigenvalue weighted by Gasteiger charge is 2.21. The Morgan fingerprint density at radius 1 is 1.12 bits per heavy atom. The topological polar surface area (TPSA) is 125 Å². The van der Waals surface area contributed by atoms with Crippen molar-refractivity contribution in [2.45, 2.75) is 12.1 Å². The number of para-hydroxylation sites is 1. The van der Waals surface area contributed by atoms with Crippen LogP contribution >= 0.6 is 23.3 Å². The number of nitrogens with one attached hydrogen (secondary N) is 1. The molecule has 0 fully saturated rings. The van der Waals surface area contributed by atoms with Crippen LogP contribution in [0.5, 0.6) is 0 Å². The predicted octanol–water partition coefficient (Wildman–Crippen LogP) is 3.09. The van der Waals surface area contributed by atoms with Crippen LogP contribution < -0.4 is 5.32 Å². The third-order valence-electron chi connectivity index (χ3n) is 4.11. The molecule has 0 aliphatic heterocycles. The number of amides is 1. The Morgan fingerprint density at radius 3 is 2.72 bits per heavy atom. The highest BCUT2D eigenvalue weighted by Crippen LogP contribution is 2.28. The fourth-order valence-corrected chi connectivity index (χ4v) is 4.08. The Kier molecular flexibility index (Phi) is 6.82. The first kappa shape index (κ1) is 21.6. The van der Waals surface area contributed by atoms with E-state index in [4.69, 9.17) is 4.74 Å². The van der Waals surface area contributed by atoms with Crippen LogP contribution in [0.2, 0.25) is 0 Å². The maximum Gasteiger partial charge on any atom is 0.362 e. The number of esters is 1. The Morgan fingerprint density at radius 2 is 1.97 bits per heavy atom. The molecule has 3 aromatic heterocycles. The maximum absolute atomic E-state index is 12.5. The molecular weight excluding hydrogens is 450 g/mol. The number of thioether (sulfide) groups is 1. The molecule has 0 atom stereocenters. The van der Waals surface area contributed by atoms with Gasteiger partial charge in [0.05, 0.1) is 12.4 Å². The van der Waals surface area contributed by atoms with Gasteiger partial charge in [0.25, 0.3) is 0 Å². The Hall–Kier alpha value is -3.64. The van der Waals surface area contributed by atoms with Crippen LogP contribution in [0, 0.1) is 0 Å². The van der Waals surface area contributed by atoms with Gasteiger partial charge >= 0.3 is 5.97 Å². The summed E-state index contributed by atoms with van der Waals surface area (Å²) in [6, 6.07) is 13.3. The number of hydrogen-bond donors (Lipinski definition) is 1. The molecule has 4 aromatic rings. The van der Waals surface area contributed by atoms with E-state index in [9.17, 15) is 9.59 Å². The van der Waals surface area contributed by atoms with Crippen LogP contribution in [0.15, 0.2) is 60.0 Å². The molecule has 0 unspecified atom stereocenters. The molecule has 0 spiro atoms. The first-order valence-electron chi connectivity index (χ1n) is 9.50. The minimum atomic E-state index is -0.630. The minimum absolute atomic E-state index is 0.0125. The smallest absolute Gasteiger partial charge is 0.362 e. The lowest BCUT2D eigenvalue weighted by Crippen LogP contribution is -2.17. The van der Waals surface area contributed by atoms with Gasteiger partial charge in [-0.25, -0.2) is 4.79 Å². The number of aromatic nitrogens is 6. The van der Waals surface area contributed by atoms with Gasteiger partial charge in [-0.1, -0.05) is 34.4 Å². The summed E-state index contributed by atoms with van der Waals surface area (Å²) in [4.78, 5) is 28.6. The van der Waals surface area contributed by atoms with E-state index in [-0.39, 0.29) is 29.0 Å². The summed E-state index contributed by atoms with van der Waals surface area (Å²) >= 11 is 2.13. The minimum Gasteiger partial charge on any atom is -0.461 e. The third kappa shape index (κ3) is 4.81. The Balaban J connectivity index is 1.53. The quantitative estimate of drug-likeness (QED) is 0.307. The van der Waals surface area contributed by atoms with E-state index in [1.54, 1.807) is 19.3 Å². The van der Waals surface area contributed by atoms with Crippen LogP contribution in [0.1, 0.15) is 17.4 Å². The number of rotatable bonds is 8. The third-order valence-corrected chi connectivity index (χ3v) is 5.68. The fraction of sp³-hybridized carbons (Fsp3) is 0.150. The van der Waals surface area contributed by atoms with E-state index in [0.717, 1.165) is 22.8 Å². The van der Waals surface area contributed by atoms with Crippen LogP contribution in [0.3, 0.4) is 0 Å². The van der Waals surface area contributed by atoms with Gasteiger partial charge in [0.15, 0.2) is 16.0 Å². The molecule has 1 aromatic carbocycles. The van der Waals surface area contributed by atoms with Crippen molar-refractivity contribution in [1.29, 1.82) is 0 Å². The molecule has 4 rings (SSSR count). The van der Waals surface area contributed by atoms with E-state index in [0.29, 0.717) is 11.0 Å². The number of carbonyl (C=O) groups is 2. The lowest BCUT2D eigenvalue weighted by molar-refractivity contribution is -0.113. The van der Waals surface area contributed by atoms with Crippen molar-refractivity contribution in [2.24, 2.45) is 0 Å². The van der Waals surface area contributed by atoms with E-state index >= 15 is 0 Å². The second kappa shape index (κ2) is 10.1. The number of hydrogen-bond acceptors (Lipinski definition) is 10. The largest absolute Gasteiger partial charge is 0.461 e. The molecule has 12 heteroatoms. The molecule has 0 saturated heterocycles. The molecule has 0 saturated carbocycles. The molecule has 1 N–H and O–H groups in total. The molecule has 0 aliphatic carbocycles. The van der Waals surface area contributed by atoms with Crippen molar-refractivity contribution < 1.29 is 14.3 Å². The summed E-state index contributed by atoms with van der Waals surface area (Å²) in [5.74, 6) is -0.312. The van der Waals surface area contributed by atoms with Crippen molar-refractivity contribution in [3.8, 4) is 17.1 Å². The Bertz CT molecular complexity index is 1210. The molecule has 10 nitrogen and oxygen atoms in total. The number of ether oxygens (including phenoxy) is 1. The lowest BCUT2D eigenvalue weighted by atomic mass is 10.2. The van der Waals surface area contributed by atoms with Crippen molar-refractivity contribution in [3.05, 3.63) is 60.6 Å². The Labute approximate surface area is 191 Å². The molecule has 1 amide bonds. The molecule has 3 heterocycles. The lowest BCUT2D eigenvalue weighted by Gasteiger charge is -2.10. The van der Waals surface area contributed by atoms with E-state index in [1.165, 1.54) is 11.8 Å². The normalized spacial score (nSPS) is 10.7. The van der Waals surface area contributed by atoms with Crippen LogP contribution in [-0.4, -0.2) is 53.6 Å². The first-order valence-corrected chi connectivity index (χ1v) is 11.3. The fourth-order valence-electron chi connectivity index (χ4n) is 2.75. The van der Waals surface area contributed by atoms with E-state index < -0.39 is 5.97 Å². The van der Waals surface area contributed by atoms with Gasteiger partial charge in [0.1, 0.15) is 0 Å². The van der Waals surface area contributed by atoms with E-state index in [1.807, 2.05) is 47.0 Å². The van der Waals surface area contributed by atoms with E-state index in [2.05, 4.69) is 30.1 Å². The van der Waals surface area contributed by atoms with Crippen molar-refractivity contribution in [3.63, 3.8) is 0 Å². The number of benzene rings is 1. The summed E-state index contributed by atoms with van der Waals surface area (Å²) in [7, 11) is 0. The van der Waals surface area contributed by atoms with Crippen LogP contribution in [0.25, 0.3) is 17.1 Å². The molecule has 0 aliphatic rings. The van der Waals surface area contributed by atoms with Gasteiger partial charge in [-0.05, 0) is 31.2 Å². The number of pyridine rings is 1. The highest BCUT2D eigenvalue weighted by atomic mass is 32.2. The SMILES string of the molecule is CCOC(=O)c1nnsc1NC(=O)CSc1nnc(-c2cccnc2)n1-c1ccccc1. The van der Waals surface area contributed by atoms with Crippen LogP contribution in [-0.2, 0) is 9.53 Å². The average molecular weight is 468 g/mol. The molecular formula is C20H17N7O3S2. The molecule has 162 valence electrons. The molecule has 0 bridgehead atoms. The monoisotopic (exact) mass is 467 g/mol. The molecule has 0 radical (unpaired) electrons. The zero-order valence-corrected chi connectivity index (χ0v) is 18.5. The van der Waals surface area contributed by atoms with Gasteiger partial charge < -0.3 is 10.1 Å². The van der Waals surface area contributed by atoms with Gasteiger partial charge in [-0.15, -0.1) is 15.3 Å². The highest BCUT2D eigenvalue weighted by molar-refractivity contribution is 7.99. The zero-order chi connectivity index (χ0) is 22.3. The van der Waals surface area contributed by atoms with Gasteiger partial charge in [0.2, 0.25) is 11.6 Å². The van der Waals surface area contributed by atoms with Crippen LogP contribution in [0.4, 0.5) is 5.00 Å². The van der Waals surface area contributed by atoms with Gasteiger partial charge in [-0.3, -0.25) is 14.3 Å². The zero-order valence-electron chi connectivity index (χ0n) is 16.8. The number of nitrogens with zero attached hydrogens (tertiary/aromatic N) is 6. The second-order valence-electron chi connectivity index (χ2n) is 6.23. The summed E-state index contributed by atoms with van der Waals surface area (Å²) in [5, 5.41) is 15.8. The summed E-state index contributed by atoms with van der Waals surface area (Å²) < 4.78 is 10.5. The van der Waals surface area contributed by atoms with Crippen molar-refractivity contribution in [1.82, 2.24) is 29.3 Å². The summed E-state index contributed by atoms with van der Waals surface area (Å²) in [6.45, 7) is 1.89. The van der Waals surface area contributed by atoms with Crippen molar-refractivity contribution in [2.75, 3.05) is 17.7 Å². The number of carbonyl (C=O) groups excluding carboxylic acids is 2. The average Bonchev–Trinajstić information content (AvgIpc) is 3.46. The van der Waals surface area contributed by atoms with Crippen molar-refractivity contribution >= 4 is 40.2 Å². The van der Waals surface area contributed by atoms with Gasteiger partial charge in [0, 0.05) is 35.2 Å². The predicted molar refractivity (Wildman–Crippen MR) is 120 cm³/mol. The summed E-state index contributed by atoms with van der Waals surface area (Å²) in [5.41, 5.74) is 1.65. The second-order valence-corrected chi connectivity index (χ2v) is 7.92. The standard InChI is InChI=1S/C20H17N7O3S2/c1-2-30-19(29)16-18(32-26-23-16)22-15(28)12-31-20-25-24-17(13-7-6-10-21-11-13)27(20)14-8-4-3-5-9-14/h3-11H,2,12H2,1H3,(H,22,28). The summed E-state index contributed by atoms with van der Waals surface area (Å²) in [6.07, 6.45) is 3.39. The number of anilines is 1. The van der Waals surface area contributed by atoms with Gasteiger partial charge in [-0.2, -0.15) is 0 Å². The molecule has 32 heavy (non-hydrogen) atoms. The maximum atomic E-state index is 12.5. The first-order chi connectivity index (χ1) is 15.7.